The van der Waals surface area contributed by atoms with Gasteiger partial charge in [-0.3, -0.25) is 0 Å². The van der Waals surface area contributed by atoms with Gasteiger partial charge in [-0.15, -0.1) is 0 Å². The van der Waals surface area contributed by atoms with Crippen molar-refractivity contribution in [2.45, 2.75) is 12.2 Å². The molecular weight excluding hydrogens is 152 g/mol. The van der Waals surface area contributed by atoms with E-state index >= 15 is 0 Å². The molecule has 4 N–H and O–H groups in total. The fourth-order valence-corrected chi connectivity index (χ4v) is 0.446. The molecule has 68 valence electrons. The van der Waals surface area contributed by atoms with E-state index < -0.39 is 12.2 Å². The van der Waals surface area contributed by atoms with E-state index in [1.807, 2.05) is 0 Å². The Morgan fingerprint density at radius 1 is 0.909 bits per heavy atom. The summed E-state index contributed by atoms with van der Waals surface area (Å²) in [4.78, 5) is 0. The van der Waals surface area contributed by atoms with E-state index in [1.54, 1.807) is 0 Å². The fraction of sp³-hybridized carbons (Fsp3) is 1.00. The third-order valence-corrected chi connectivity index (χ3v) is 1.04. The molecule has 0 aliphatic heterocycles. The van der Waals surface area contributed by atoms with E-state index in [2.05, 4.69) is 0 Å². The molecule has 11 heavy (non-hydrogen) atoms. The predicted octanol–water partition coefficient (Wildman–Crippen LogP) is -2.29. The Kier molecular flexibility index (Phi) is 6.39. The maximum absolute atomic E-state index is 8.72. The summed E-state index contributed by atoms with van der Waals surface area (Å²) < 4.78 is 4.72. The second-order valence-electron chi connectivity index (χ2n) is 2.21. The first-order valence-corrected chi connectivity index (χ1v) is 3.36. The molecule has 0 amide bonds. The fourth-order valence-electron chi connectivity index (χ4n) is 0.446. The van der Waals surface area contributed by atoms with Crippen LogP contribution in [0.5, 0.6) is 0 Å². The maximum Gasteiger partial charge on any atom is 0.100 e. The zero-order chi connectivity index (χ0) is 8.69. The molecule has 0 heterocycles. The van der Waals surface area contributed by atoms with Crippen molar-refractivity contribution in [2.24, 2.45) is 0 Å². The Morgan fingerprint density at radius 2 is 1.27 bits per heavy atom. The highest BCUT2D eigenvalue weighted by atomic mass is 16.5. The van der Waals surface area contributed by atoms with Gasteiger partial charge in [0.2, 0.25) is 0 Å². The minimum absolute atomic E-state index is 0.0342. The molecule has 0 aromatic heterocycles. The van der Waals surface area contributed by atoms with Gasteiger partial charge in [-0.2, -0.15) is 0 Å². The number of hydrogen-bond donors (Lipinski definition) is 4. The first-order chi connectivity index (χ1) is 5.20. The largest absolute Gasteiger partial charge is 0.394 e. The molecule has 0 rings (SSSR count). The van der Waals surface area contributed by atoms with Crippen molar-refractivity contribution in [3.05, 3.63) is 0 Å². The van der Waals surface area contributed by atoms with Gasteiger partial charge in [-0.05, 0) is 0 Å². The average Bonchev–Trinajstić information content (AvgIpc) is 2.04. The molecule has 0 aromatic rings. The van der Waals surface area contributed by atoms with Crippen molar-refractivity contribution in [3.8, 4) is 0 Å². The molecule has 5 nitrogen and oxygen atoms in total. The van der Waals surface area contributed by atoms with Crippen molar-refractivity contribution in [1.29, 1.82) is 0 Å². The summed E-state index contributed by atoms with van der Waals surface area (Å²) in [6, 6.07) is 0. The topological polar surface area (TPSA) is 90.2 Å². The van der Waals surface area contributed by atoms with Crippen LogP contribution >= 0.6 is 0 Å². The smallest absolute Gasteiger partial charge is 0.100 e. The van der Waals surface area contributed by atoms with Crippen LogP contribution in [0.4, 0.5) is 0 Å². The summed E-state index contributed by atoms with van der Waals surface area (Å²) in [5, 5.41) is 34.1. The highest BCUT2D eigenvalue weighted by molar-refractivity contribution is 4.52. The average molecular weight is 166 g/mol. The van der Waals surface area contributed by atoms with Gasteiger partial charge in [0.1, 0.15) is 12.2 Å². The van der Waals surface area contributed by atoms with Crippen LogP contribution in [-0.2, 0) is 4.74 Å². The van der Waals surface area contributed by atoms with Crippen molar-refractivity contribution in [1.82, 2.24) is 0 Å². The molecular formula is C6H14O5. The van der Waals surface area contributed by atoms with Gasteiger partial charge in [0.05, 0.1) is 26.4 Å². The minimum Gasteiger partial charge on any atom is -0.394 e. The molecule has 0 radical (unpaired) electrons. The monoisotopic (exact) mass is 166 g/mol. The quantitative estimate of drug-likeness (QED) is 0.356. The lowest BCUT2D eigenvalue weighted by Crippen LogP contribution is -2.25. The van der Waals surface area contributed by atoms with Crippen LogP contribution in [-0.4, -0.2) is 59.1 Å². The standard InChI is InChI=1S/C6H14O5/c7-1-5(9)3-11-4-6(10)2-8/h5-10H,1-4H2/t5-,6?/m1/s1. The third-order valence-electron chi connectivity index (χ3n) is 1.04. The number of ether oxygens (including phenoxy) is 1. The normalized spacial score (nSPS) is 16.4. The Hall–Kier alpha value is -0.200. The Balaban J connectivity index is 3.13. The van der Waals surface area contributed by atoms with Crippen molar-refractivity contribution < 1.29 is 25.2 Å². The van der Waals surface area contributed by atoms with Crippen LogP contribution in [0.15, 0.2) is 0 Å². The molecule has 1 unspecified atom stereocenters. The van der Waals surface area contributed by atoms with Crippen LogP contribution < -0.4 is 0 Å². The summed E-state index contributed by atoms with van der Waals surface area (Å²) in [6.45, 7) is -0.800. The van der Waals surface area contributed by atoms with E-state index in [0.717, 1.165) is 0 Å². The van der Waals surface area contributed by atoms with E-state index in [4.69, 9.17) is 25.2 Å². The molecule has 0 spiro atoms. The minimum atomic E-state index is -0.916. The molecule has 0 fully saturated rings. The first kappa shape index (κ1) is 10.8. The summed E-state index contributed by atoms with van der Waals surface area (Å²) in [5.41, 5.74) is 0. The van der Waals surface area contributed by atoms with Crippen LogP contribution in [0.3, 0.4) is 0 Å². The summed E-state index contributed by atoms with van der Waals surface area (Å²) in [6.07, 6.45) is -1.83. The summed E-state index contributed by atoms with van der Waals surface area (Å²) >= 11 is 0. The van der Waals surface area contributed by atoms with Crippen LogP contribution in [0.25, 0.3) is 0 Å². The highest BCUT2D eigenvalue weighted by Crippen LogP contribution is 1.87. The molecule has 0 bridgehead atoms. The Bertz CT molecular complexity index is 77.0. The highest BCUT2D eigenvalue weighted by Gasteiger charge is 2.04. The number of aliphatic hydroxyl groups excluding tert-OH is 4. The van der Waals surface area contributed by atoms with Gasteiger partial charge in [0, 0.05) is 0 Å². The molecule has 0 aromatic carbocycles. The lowest BCUT2D eigenvalue weighted by molar-refractivity contribution is -0.0364. The van der Waals surface area contributed by atoms with E-state index in [-0.39, 0.29) is 26.4 Å². The van der Waals surface area contributed by atoms with Gasteiger partial charge in [0.25, 0.3) is 0 Å². The van der Waals surface area contributed by atoms with E-state index in [0.29, 0.717) is 0 Å². The molecule has 5 heteroatoms. The SMILES string of the molecule is OCC(O)COC[C@H](O)CO. The van der Waals surface area contributed by atoms with Crippen LogP contribution in [0, 0.1) is 0 Å². The number of aliphatic hydroxyl groups is 4. The molecule has 0 saturated heterocycles. The molecule has 0 aliphatic carbocycles. The molecule has 2 atom stereocenters. The summed E-state index contributed by atoms with van der Waals surface area (Å²) in [7, 11) is 0. The lowest BCUT2D eigenvalue weighted by atomic mass is 10.4. The van der Waals surface area contributed by atoms with Crippen molar-refractivity contribution >= 4 is 0 Å². The second-order valence-corrected chi connectivity index (χ2v) is 2.21. The van der Waals surface area contributed by atoms with Gasteiger partial charge in [-0.25, -0.2) is 0 Å². The Labute approximate surface area is 64.9 Å². The predicted molar refractivity (Wildman–Crippen MR) is 37.0 cm³/mol. The number of rotatable bonds is 6. The molecule has 0 aliphatic rings. The van der Waals surface area contributed by atoms with Crippen LogP contribution in [0.1, 0.15) is 0 Å². The van der Waals surface area contributed by atoms with Gasteiger partial charge in [-0.1, -0.05) is 0 Å². The van der Waals surface area contributed by atoms with Crippen molar-refractivity contribution in [3.63, 3.8) is 0 Å². The van der Waals surface area contributed by atoms with Crippen molar-refractivity contribution in [2.75, 3.05) is 26.4 Å². The first-order valence-electron chi connectivity index (χ1n) is 3.36. The van der Waals surface area contributed by atoms with E-state index in [9.17, 15) is 0 Å². The Morgan fingerprint density at radius 3 is 1.55 bits per heavy atom. The number of hydrogen-bond acceptors (Lipinski definition) is 5. The van der Waals surface area contributed by atoms with Gasteiger partial charge < -0.3 is 25.2 Å². The lowest BCUT2D eigenvalue weighted by Gasteiger charge is -2.10. The van der Waals surface area contributed by atoms with E-state index in [1.165, 1.54) is 0 Å². The maximum atomic E-state index is 8.72. The molecule has 0 saturated carbocycles. The van der Waals surface area contributed by atoms with Gasteiger partial charge >= 0.3 is 0 Å². The summed E-state index contributed by atoms with van der Waals surface area (Å²) in [5.74, 6) is 0. The van der Waals surface area contributed by atoms with Crippen LogP contribution in [0.2, 0.25) is 0 Å². The second kappa shape index (κ2) is 6.51. The third kappa shape index (κ3) is 6.21. The zero-order valence-corrected chi connectivity index (χ0v) is 6.18. The zero-order valence-electron chi connectivity index (χ0n) is 6.18. The van der Waals surface area contributed by atoms with Gasteiger partial charge in [0.15, 0.2) is 0 Å².